The molecule has 6 heteroatoms. The van der Waals surface area contributed by atoms with Gasteiger partial charge in [-0.1, -0.05) is 127 Å². The summed E-state index contributed by atoms with van der Waals surface area (Å²) < 4.78 is 8.87. The van der Waals surface area contributed by atoms with Crippen LogP contribution in [0.3, 0.4) is 0 Å². The molecular formula is C48H29N5O. The topological polar surface area (TPSA) is 69.6 Å². The van der Waals surface area contributed by atoms with Crippen LogP contribution in [0.5, 0.6) is 0 Å². The molecule has 0 aliphatic heterocycles. The molecule has 0 saturated heterocycles. The lowest BCUT2D eigenvalue weighted by atomic mass is 10.0. The summed E-state index contributed by atoms with van der Waals surface area (Å²) in [5.74, 6) is 2.30. The first-order valence-electron chi connectivity index (χ1n) is 18.0. The molecule has 3 aromatic heterocycles. The fraction of sp³-hybridized carbons (Fsp3) is 0. The average Bonchev–Trinajstić information content (AvgIpc) is 3.84. The van der Waals surface area contributed by atoms with Crippen LogP contribution >= 0.6 is 0 Å². The lowest BCUT2D eigenvalue weighted by Crippen LogP contribution is -2.01. The third-order valence-corrected chi connectivity index (χ3v) is 10.2. The van der Waals surface area contributed by atoms with Crippen molar-refractivity contribution in [3.05, 3.63) is 176 Å². The number of fused-ring (bicyclic) bond motifs is 7. The van der Waals surface area contributed by atoms with E-state index in [4.69, 9.17) is 24.4 Å². The van der Waals surface area contributed by atoms with E-state index in [1.807, 2.05) is 42.5 Å². The van der Waals surface area contributed by atoms with Gasteiger partial charge in [0.2, 0.25) is 5.89 Å². The summed E-state index contributed by atoms with van der Waals surface area (Å²) in [5.41, 5.74) is 8.35. The van der Waals surface area contributed by atoms with Crippen LogP contribution < -0.4 is 0 Å². The first kappa shape index (κ1) is 30.2. The molecule has 0 aliphatic rings. The summed E-state index contributed by atoms with van der Waals surface area (Å²) in [6, 6.07) is 60.5. The van der Waals surface area contributed by atoms with Crippen molar-refractivity contribution in [2.75, 3.05) is 0 Å². The van der Waals surface area contributed by atoms with E-state index in [1.54, 1.807) is 0 Å². The van der Waals surface area contributed by atoms with Gasteiger partial charge < -0.3 is 8.98 Å². The molecule has 11 rings (SSSR count). The third kappa shape index (κ3) is 4.89. The SMILES string of the molecule is c1ccc(-c2nc3ccc4cccc(-c5nc(-c6cccc(-n7c8ccccc8c8ccccc87)c6)nc(-c6ccc7ccccc7c6)n5)c4c3o2)cc1. The van der Waals surface area contributed by atoms with E-state index in [-0.39, 0.29) is 0 Å². The van der Waals surface area contributed by atoms with Crippen molar-refractivity contribution < 1.29 is 4.42 Å². The van der Waals surface area contributed by atoms with Gasteiger partial charge in [-0.2, -0.15) is 0 Å². The van der Waals surface area contributed by atoms with Crippen molar-refractivity contribution in [1.82, 2.24) is 24.5 Å². The maximum atomic E-state index is 6.55. The van der Waals surface area contributed by atoms with Crippen molar-refractivity contribution in [2.45, 2.75) is 0 Å². The molecule has 0 fully saturated rings. The highest BCUT2D eigenvalue weighted by Gasteiger charge is 2.20. The summed E-state index contributed by atoms with van der Waals surface area (Å²) in [6.07, 6.45) is 0. The molecule has 54 heavy (non-hydrogen) atoms. The Morgan fingerprint density at radius 2 is 1.02 bits per heavy atom. The zero-order valence-corrected chi connectivity index (χ0v) is 28.9. The van der Waals surface area contributed by atoms with Crippen molar-refractivity contribution in [2.24, 2.45) is 0 Å². The van der Waals surface area contributed by atoms with E-state index in [0.717, 1.165) is 66.0 Å². The van der Waals surface area contributed by atoms with Crippen LogP contribution in [0.4, 0.5) is 0 Å². The number of para-hydroxylation sites is 2. The Morgan fingerprint density at radius 3 is 1.81 bits per heavy atom. The molecule has 0 bridgehead atoms. The fourth-order valence-electron chi connectivity index (χ4n) is 7.71. The molecule has 0 atom stereocenters. The van der Waals surface area contributed by atoms with E-state index in [0.29, 0.717) is 28.9 Å². The zero-order valence-electron chi connectivity index (χ0n) is 28.9. The number of hydrogen-bond acceptors (Lipinski definition) is 5. The summed E-state index contributed by atoms with van der Waals surface area (Å²) in [6.45, 7) is 0. The highest BCUT2D eigenvalue weighted by atomic mass is 16.3. The normalized spacial score (nSPS) is 11.7. The highest BCUT2D eigenvalue weighted by molar-refractivity contribution is 6.11. The Bertz CT molecular complexity index is 3180. The number of oxazole rings is 1. The second-order valence-electron chi connectivity index (χ2n) is 13.5. The van der Waals surface area contributed by atoms with Gasteiger partial charge in [-0.05, 0) is 64.7 Å². The van der Waals surface area contributed by atoms with Crippen molar-refractivity contribution in [3.8, 4) is 51.3 Å². The minimum Gasteiger partial charge on any atom is -0.435 e. The number of aromatic nitrogens is 5. The van der Waals surface area contributed by atoms with Gasteiger partial charge >= 0.3 is 0 Å². The minimum atomic E-state index is 0.557. The fourth-order valence-corrected chi connectivity index (χ4v) is 7.71. The number of hydrogen-bond donors (Lipinski definition) is 0. The molecule has 0 spiro atoms. The molecule has 11 aromatic rings. The predicted octanol–water partition coefficient (Wildman–Crippen LogP) is 12.1. The Morgan fingerprint density at radius 1 is 0.407 bits per heavy atom. The van der Waals surface area contributed by atoms with Crippen LogP contribution in [0.2, 0.25) is 0 Å². The van der Waals surface area contributed by atoms with E-state index >= 15 is 0 Å². The Hall–Kier alpha value is -7.44. The molecule has 0 N–H and O–H groups in total. The molecule has 252 valence electrons. The summed E-state index contributed by atoms with van der Waals surface area (Å²) in [4.78, 5) is 20.5. The highest BCUT2D eigenvalue weighted by Crippen LogP contribution is 2.38. The van der Waals surface area contributed by atoms with E-state index in [1.165, 1.54) is 10.8 Å². The van der Waals surface area contributed by atoms with Gasteiger partial charge in [-0.3, -0.25) is 0 Å². The number of rotatable bonds is 5. The van der Waals surface area contributed by atoms with Crippen molar-refractivity contribution in [3.63, 3.8) is 0 Å². The monoisotopic (exact) mass is 691 g/mol. The first-order valence-corrected chi connectivity index (χ1v) is 18.0. The number of nitrogens with zero attached hydrogens (tertiary/aromatic N) is 5. The summed E-state index contributed by atoms with van der Waals surface area (Å²) >= 11 is 0. The quantitative estimate of drug-likeness (QED) is 0.180. The zero-order chi connectivity index (χ0) is 35.6. The maximum Gasteiger partial charge on any atom is 0.227 e. The van der Waals surface area contributed by atoms with Crippen molar-refractivity contribution >= 4 is 54.5 Å². The van der Waals surface area contributed by atoms with Crippen LogP contribution in [-0.4, -0.2) is 24.5 Å². The molecule has 0 radical (unpaired) electrons. The molecule has 0 unspecified atom stereocenters. The largest absolute Gasteiger partial charge is 0.435 e. The maximum absolute atomic E-state index is 6.55. The molecule has 0 amide bonds. The number of benzene rings is 8. The van der Waals surface area contributed by atoms with Gasteiger partial charge in [-0.25, -0.2) is 19.9 Å². The lowest BCUT2D eigenvalue weighted by molar-refractivity contribution is 0.623. The lowest BCUT2D eigenvalue weighted by Gasteiger charge is -2.12. The van der Waals surface area contributed by atoms with Crippen LogP contribution in [-0.2, 0) is 0 Å². The van der Waals surface area contributed by atoms with Gasteiger partial charge in [0.25, 0.3) is 0 Å². The van der Waals surface area contributed by atoms with Crippen LogP contribution in [0.25, 0.3) is 106 Å². The van der Waals surface area contributed by atoms with E-state index in [2.05, 4.69) is 138 Å². The predicted molar refractivity (Wildman–Crippen MR) is 218 cm³/mol. The standard InChI is InChI=1S/C48H29N5O/c1-2-13-32(14-3-1)48-49-40-27-26-31-16-11-21-39(43(31)44(40)54-48)47-51-45(50-46(52-47)35-25-24-30-12-4-5-15-33(30)28-35)34-17-10-18-36(29-34)53-41-22-8-6-19-37(41)38-20-7-9-23-42(38)53/h1-29H. The van der Waals surface area contributed by atoms with E-state index in [9.17, 15) is 0 Å². The average molecular weight is 692 g/mol. The van der Waals surface area contributed by atoms with E-state index < -0.39 is 0 Å². The van der Waals surface area contributed by atoms with Crippen molar-refractivity contribution in [1.29, 1.82) is 0 Å². The van der Waals surface area contributed by atoms with Crippen LogP contribution in [0.1, 0.15) is 0 Å². The molecule has 0 saturated carbocycles. The van der Waals surface area contributed by atoms with Crippen LogP contribution in [0, 0.1) is 0 Å². The molecule has 6 nitrogen and oxygen atoms in total. The van der Waals surface area contributed by atoms with Gasteiger partial charge in [-0.15, -0.1) is 0 Å². The Kier molecular flexibility index (Phi) is 6.75. The molecule has 8 aromatic carbocycles. The Labute approximate surface area is 309 Å². The molecular weight excluding hydrogens is 663 g/mol. The third-order valence-electron chi connectivity index (χ3n) is 10.2. The second kappa shape index (κ2) is 12.1. The molecule has 0 aliphatic carbocycles. The summed E-state index contributed by atoms with van der Waals surface area (Å²) in [7, 11) is 0. The van der Waals surface area contributed by atoms with Gasteiger partial charge in [0, 0.05) is 44.1 Å². The smallest absolute Gasteiger partial charge is 0.227 e. The summed E-state index contributed by atoms with van der Waals surface area (Å²) in [5, 5.41) is 6.62. The van der Waals surface area contributed by atoms with Gasteiger partial charge in [0.15, 0.2) is 23.1 Å². The first-order chi connectivity index (χ1) is 26.7. The Balaban J connectivity index is 1.14. The second-order valence-corrected chi connectivity index (χ2v) is 13.5. The molecule has 3 heterocycles. The minimum absolute atomic E-state index is 0.557. The van der Waals surface area contributed by atoms with Gasteiger partial charge in [0.05, 0.1) is 11.0 Å². The van der Waals surface area contributed by atoms with Gasteiger partial charge in [0.1, 0.15) is 5.52 Å². The van der Waals surface area contributed by atoms with Crippen LogP contribution in [0.15, 0.2) is 180 Å².